The Morgan fingerprint density at radius 3 is 3.05 bits per heavy atom. The molecular weight excluding hydrogens is 275 g/mol. The molecule has 0 radical (unpaired) electrons. The molecule has 7 heteroatoms. The van der Waals surface area contributed by atoms with Crippen LogP contribution in [0.5, 0.6) is 0 Å². The fourth-order valence-corrected chi connectivity index (χ4v) is 1.85. The molecule has 0 bridgehead atoms. The molecule has 1 atom stereocenters. The highest BCUT2D eigenvalue weighted by Gasteiger charge is 2.25. The molecular formula is C12H12ClFN2O3. The van der Waals surface area contributed by atoms with Crippen molar-refractivity contribution in [3.63, 3.8) is 0 Å². The van der Waals surface area contributed by atoms with E-state index in [-0.39, 0.29) is 17.4 Å². The molecule has 2 rings (SSSR count). The van der Waals surface area contributed by atoms with Crippen LogP contribution in [0.4, 0.5) is 10.1 Å². The molecule has 1 fully saturated rings. The van der Waals surface area contributed by atoms with Gasteiger partial charge in [-0.05, 0) is 18.2 Å². The van der Waals surface area contributed by atoms with Crippen LogP contribution in [0, 0.1) is 5.82 Å². The Labute approximate surface area is 114 Å². The summed E-state index contributed by atoms with van der Waals surface area (Å²) >= 11 is 5.60. The third kappa shape index (κ3) is 3.65. The van der Waals surface area contributed by atoms with Crippen LogP contribution in [-0.4, -0.2) is 31.1 Å². The number of carbonyl (C=O) groups excluding carboxylic acids is 2. The first-order valence-corrected chi connectivity index (χ1v) is 6.08. The van der Waals surface area contributed by atoms with Crippen LogP contribution >= 0.6 is 11.6 Å². The highest BCUT2D eigenvalue weighted by atomic mass is 35.5. The molecule has 0 aromatic heterocycles. The van der Waals surface area contributed by atoms with Gasteiger partial charge < -0.3 is 15.4 Å². The second-order valence-corrected chi connectivity index (χ2v) is 4.44. The van der Waals surface area contributed by atoms with Gasteiger partial charge in [0.05, 0.1) is 18.1 Å². The number of carbonyl (C=O) groups is 2. The predicted molar refractivity (Wildman–Crippen MR) is 67.4 cm³/mol. The molecule has 1 aliphatic heterocycles. The topological polar surface area (TPSA) is 67.4 Å². The summed E-state index contributed by atoms with van der Waals surface area (Å²) in [6.45, 7) is 0.830. The molecule has 0 saturated carbocycles. The molecule has 1 heterocycles. The minimum atomic E-state index is -0.787. The molecule has 1 aliphatic rings. The molecule has 0 spiro atoms. The van der Waals surface area contributed by atoms with Gasteiger partial charge in [-0.2, -0.15) is 0 Å². The Kier molecular flexibility index (Phi) is 4.34. The lowest BCUT2D eigenvalue weighted by Crippen LogP contribution is -2.45. The van der Waals surface area contributed by atoms with Gasteiger partial charge >= 0.3 is 0 Å². The van der Waals surface area contributed by atoms with Crippen molar-refractivity contribution in [3.05, 3.63) is 29.0 Å². The maximum atomic E-state index is 12.9. The number of amides is 2. The van der Waals surface area contributed by atoms with E-state index in [1.165, 1.54) is 12.1 Å². The van der Waals surface area contributed by atoms with E-state index >= 15 is 0 Å². The third-order valence-electron chi connectivity index (χ3n) is 2.59. The lowest BCUT2D eigenvalue weighted by molar-refractivity contribution is -0.141. The first-order valence-electron chi connectivity index (χ1n) is 5.70. The van der Waals surface area contributed by atoms with Gasteiger partial charge in [-0.15, -0.1) is 0 Å². The van der Waals surface area contributed by atoms with Gasteiger partial charge in [-0.1, -0.05) is 11.6 Å². The first-order chi connectivity index (χ1) is 9.06. The predicted octanol–water partition coefficient (Wildman–Crippen LogP) is 1.32. The van der Waals surface area contributed by atoms with Gasteiger partial charge in [0.15, 0.2) is 0 Å². The molecule has 2 amide bonds. The summed E-state index contributed by atoms with van der Waals surface area (Å²) in [5, 5.41) is 5.05. The van der Waals surface area contributed by atoms with Crippen molar-refractivity contribution in [2.24, 2.45) is 0 Å². The summed E-state index contributed by atoms with van der Waals surface area (Å²) in [5.74, 6) is -1.27. The Morgan fingerprint density at radius 2 is 2.37 bits per heavy atom. The fraction of sp³-hybridized carbons (Fsp3) is 0.333. The zero-order chi connectivity index (χ0) is 13.8. The smallest absolute Gasteiger partial charge is 0.249 e. The van der Waals surface area contributed by atoms with E-state index in [1.54, 1.807) is 0 Å². The number of ether oxygens (including phenoxy) is 1. The Morgan fingerprint density at radius 1 is 1.58 bits per heavy atom. The maximum Gasteiger partial charge on any atom is 0.249 e. The van der Waals surface area contributed by atoms with Crippen LogP contribution in [0.15, 0.2) is 18.2 Å². The van der Waals surface area contributed by atoms with E-state index in [9.17, 15) is 14.0 Å². The quantitative estimate of drug-likeness (QED) is 0.881. The Balaban J connectivity index is 1.93. The molecule has 1 saturated heterocycles. The molecule has 1 aromatic rings. The molecule has 102 valence electrons. The van der Waals surface area contributed by atoms with Crippen LogP contribution in [0.3, 0.4) is 0 Å². The highest BCUT2D eigenvalue weighted by Crippen LogP contribution is 2.19. The molecule has 1 aromatic carbocycles. The summed E-state index contributed by atoms with van der Waals surface area (Å²) in [6, 6.07) is 3.85. The lowest BCUT2D eigenvalue weighted by Gasteiger charge is -2.22. The van der Waals surface area contributed by atoms with Gasteiger partial charge in [0.25, 0.3) is 0 Å². The summed E-state index contributed by atoms with van der Waals surface area (Å²) in [7, 11) is 0. The molecule has 5 nitrogen and oxygen atoms in total. The normalized spacial score (nSPS) is 18.8. The summed E-state index contributed by atoms with van der Waals surface area (Å²) in [6.07, 6.45) is -0.884. The SMILES string of the molecule is O=C(C[C@H]1OCCNC1=O)Nc1ccc(F)c(Cl)c1. The van der Waals surface area contributed by atoms with Gasteiger partial charge in [-0.25, -0.2) is 4.39 Å². The van der Waals surface area contributed by atoms with Crippen LogP contribution in [0.2, 0.25) is 5.02 Å². The van der Waals surface area contributed by atoms with Crippen molar-refractivity contribution in [2.75, 3.05) is 18.5 Å². The zero-order valence-corrected chi connectivity index (χ0v) is 10.7. The zero-order valence-electron chi connectivity index (χ0n) is 9.91. The number of hydrogen-bond acceptors (Lipinski definition) is 3. The third-order valence-corrected chi connectivity index (χ3v) is 2.88. The average Bonchev–Trinajstić information content (AvgIpc) is 2.37. The van der Waals surface area contributed by atoms with E-state index in [2.05, 4.69) is 10.6 Å². The minimum absolute atomic E-state index is 0.0792. The second-order valence-electron chi connectivity index (χ2n) is 4.03. The fourth-order valence-electron chi connectivity index (χ4n) is 1.67. The number of anilines is 1. The van der Waals surface area contributed by atoms with E-state index in [4.69, 9.17) is 16.3 Å². The van der Waals surface area contributed by atoms with Crippen molar-refractivity contribution < 1.29 is 18.7 Å². The first kappa shape index (κ1) is 13.8. The Bertz CT molecular complexity index is 510. The minimum Gasteiger partial charge on any atom is -0.366 e. The largest absolute Gasteiger partial charge is 0.366 e. The molecule has 19 heavy (non-hydrogen) atoms. The number of nitrogens with one attached hydrogen (secondary N) is 2. The summed E-state index contributed by atoms with van der Waals surface area (Å²) < 4.78 is 18.1. The van der Waals surface area contributed by atoms with Crippen molar-refractivity contribution in [3.8, 4) is 0 Å². The molecule has 0 aliphatic carbocycles. The number of benzene rings is 1. The standard InChI is InChI=1S/C12H12ClFN2O3/c13-8-5-7(1-2-9(8)14)16-11(17)6-10-12(18)15-3-4-19-10/h1-2,5,10H,3-4,6H2,(H,15,18)(H,16,17)/t10-/m1/s1. The van der Waals surface area contributed by atoms with Crippen molar-refractivity contribution in [1.82, 2.24) is 5.32 Å². The average molecular weight is 287 g/mol. The van der Waals surface area contributed by atoms with Crippen molar-refractivity contribution in [1.29, 1.82) is 0 Å². The van der Waals surface area contributed by atoms with Gasteiger partial charge in [-0.3, -0.25) is 9.59 Å². The van der Waals surface area contributed by atoms with Crippen LogP contribution in [0.1, 0.15) is 6.42 Å². The monoisotopic (exact) mass is 286 g/mol. The Hall–Kier alpha value is -1.66. The van der Waals surface area contributed by atoms with E-state index in [0.717, 1.165) is 6.07 Å². The number of morpholine rings is 1. The number of hydrogen-bond donors (Lipinski definition) is 2. The van der Waals surface area contributed by atoms with Crippen LogP contribution in [0.25, 0.3) is 0 Å². The maximum absolute atomic E-state index is 12.9. The number of rotatable bonds is 3. The van der Waals surface area contributed by atoms with Gasteiger partial charge in [0, 0.05) is 12.2 Å². The van der Waals surface area contributed by atoms with Crippen molar-refractivity contribution >= 4 is 29.1 Å². The second kappa shape index (κ2) is 5.99. The van der Waals surface area contributed by atoms with Gasteiger partial charge in [0.1, 0.15) is 11.9 Å². The summed E-state index contributed by atoms with van der Waals surface area (Å²) in [5.41, 5.74) is 0.368. The van der Waals surface area contributed by atoms with E-state index in [0.29, 0.717) is 18.8 Å². The molecule has 2 N–H and O–H groups in total. The molecule has 0 unspecified atom stereocenters. The van der Waals surface area contributed by atoms with Crippen LogP contribution < -0.4 is 10.6 Å². The van der Waals surface area contributed by atoms with Gasteiger partial charge in [0.2, 0.25) is 11.8 Å². The number of halogens is 2. The van der Waals surface area contributed by atoms with E-state index < -0.39 is 17.8 Å². The van der Waals surface area contributed by atoms with Crippen LogP contribution in [-0.2, 0) is 14.3 Å². The highest BCUT2D eigenvalue weighted by molar-refractivity contribution is 6.31. The van der Waals surface area contributed by atoms with E-state index in [1.807, 2.05) is 0 Å². The summed E-state index contributed by atoms with van der Waals surface area (Å²) in [4.78, 5) is 23.1. The van der Waals surface area contributed by atoms with Crippen molar-refractivity contribution in [2.45, 2.75) is 12.5 Å². The lowest BCUT2D eigenvalue weighted by atomic mass is 10.2.